The van der Waals surface area contributed by atoms with Gasteiger partial charge < -0.3 is 14.2 Å². The highest BCUT2D eigenvalue weighted by Crippen LogP contribution is 2.19. The first kappa shape index (κ1) is 13.7. The molecule has 0 aliphatic carbocycles. The molecule has 0 spiro atoms. The van der Waals surface area contributed by atoms with Crippen molar-refractivity contribution in [3.63, 3.8) is 0 Å². The van der Waals surface area contributed by atoms with Crippen LogP contribution in [0.3, 0.4) is 0 Å². The standard InChI is InChI=1S/C17H20N2O2/c1-13-12-16(21-14(13)2)17(20)19-10-8-18(9-11-19)15-6-4-3-5-7-15/h3-7,12H,8-11H2,1-2H3. The summed E-state index contributed by atoms with van der Waals surface area (Å²) < 4.78 is 5.54. The van der Waals surface area contributed by atoms with Crippen molar-refractivity contribution in [2.75, 3.05) is 31.1 Å². The molecule has 4 nitrogen and oxygen atoms in total. The second-order valence-corrected chi connectivity index (χ2v) is 5.46. The zero-order valence-corrected chi connectivity index (χ0v) is 12.5. The predicted molar refractivity (Wildman–Crippen MR) is 82.7 cm³/mol. The van der Waals surface area contributed by atoms with E-state index in [1.54, 1.807) is 0 Å². The Morgan fingerprint density at radius 3 is 2.29 bits per heavy atom. The van der Waals surface area contributed by atoms with E-state index >= 15 is 0 Å². The van der Waals surface area contributed by atoms with Crippen LogP contribution in [0.1, 0.15) is 21.9 Å². The quantitative estimate of drug-likeness (QED) is 0.851. The highest BCUT2D eigenvalue weighted by Gasteiger charge is 2.24. The monoisotopic (exact) mass is 284 g/mol. The normalized spacial score (nSPS) is 15.3. The Morgan fingerprint density at radius 2 is 1.71 bits per heavy atom. The van der Waals surface area contributed by atoms with Gasteiger partial charge in [-0.05, 0) is 37.6 Å². The Balaban J connectivity index is 1.64. The van der Waals surface area contributed by atoms with Crippen LogP contribution in [-0.2, 0) is 0 Å². The number of carbonyl (C=O) groups excluding carboxylic acids is 1. The molecule has 4 heteroatoms. The van der Waals surface area contributed by atoms with Gasteiger partial charge in [0.2, 0.25) is 0 Å². The molecular weight excluding hydrogens is 264 g/mol. The summed E-state index contributed by atoms with van der Waals surface area (Å²) in [5.41, 5.74) is 2.25. The molecule has 1 aliphatic rings. The fourth-order valence-corrected chi connectivity index (χ4v) is 2.64. The minimum absolute atomic E-state index is 0.00101. The maximum absolute atomic E-state index is 12.4. The maximum Gasteiger partial charge on any atom is 0.289 e. The number of carbonyl (C=O) groups is 1. The number of hydrogen-bond acceptors (Lipinski definition) is 3. The number of piperazine rings is 1. The van der Waals surface area contributed by atoms with Crippen molar-refractivity contribution >= 4 is 11.6 Å². The van der Waals surface area contributed by atoms with Crippen LogP contribution in [0.4, 0.5) is 5.69 Å². The Bertz CT molecular complexity index is 606. The zero-order valence-electron chi connectivity index (χ0n) is 12.5. The highest BCUT2D eigenvalue weighted by molar-refractivity contribution is 5.92. The Kier molecular flexibility index (Phi) is 3.69. The van der Waals surface area contributed by atoms with E-state index in [9.17, 15) is 4.79 Å². The fraction of sp³-hybridized carbons (Fsp3) is 0.353. The number of rotatable bonds is 2. The topological polar surface area (TPSA) is 36.7 Å². The summed E-state index contributed by atoms with van der Waals surface area (Å²) in [4.78, 5) is 16.6. The molecule has 0 atom stereocenters. The van der Waals surface area contributed by atoms with Gasteiger partial charge in [-0.15, -0.1) is 0 Å². The molecule has 1 fully saturated rings. The lowest BCUT2D eigenvalue weighted by Crippen LogP contribution is -2.48. The van der Waals surface area contributed by atoms with E-state index in [4.69, 9.17) is 4.42 Å². The first-order valence-electron chi connectivity index (χ1n) is 7.31. The van der Waals surface area contributed by atoms with Gasteiger partial charge in [-0.25, -0.2) is 0 Å². The SMILES string of the molecule is Cc1cc(C(=O)N2CCN(c3ccccc3)CC2)oc1C. The van der Waals surface area contributed by atoms with Crippen LogP contribution in [0.5, 0.6) is 0 Å². The Morgan fingerprint density at radius 1 is 1.05 bits per heavy atom. The lowest BCUT2D eigenvalue weighted by atomic mass is 10.2. The lowest BCUT2D eigenvalue weighted by Gasteiger charge is -2.35. The summed E-state index contributed by atoms with van der Waals surface area (Å²) in [6.45, 7) is 7.02. The number of anilines is 1. The molecule has 21 heavy (non-hydrogen) atoms. The summed E-state index contributed by atoms with van der Waals surface area (Å²) in [7, 11) is 0. The van der Waals surface area contributed by atoms with E-state index in [1.807, 2.05) is 43.0 Å². The van der Waals surface area contributed by atoms with Gasteiger partial charge in [0.25, 0.3) is 5.91 Å². The van der Waals surface area contributed by atoms with Gasteiger partial charge in [0.05, 0.1) is 0 Å². The lowest BCUT2D eigenvalue weighted by molar-refractivity contribution is 0.0713. The van der Waals surface area contributed by atoms with Gasteiger partial charge in [-0.3, -0.25) is 4.79 Å². The third-order valence-corrected chi connectivity index (χ3v) is 4.06. The van der Waals surface area contributed by atoms with Crippen LogP contribution in [0.2, 0.25) is 0 Å². The second-order valence-electron chi connectivity index (χ2n) is 5.46. The largest absolute Gasteiger partial charge is 0.456 e. The molecule has 110 valence electrons. The zero-order chi connectivity index (χ0) is 14.8. The number of nitrogens with zero attached hydrogens (tertiary/aromatic N) is 2. The molecule has 1 saturated heterocycles. The van der Waals surface area contributed by atoms with Crippen LogP contribution >= 0.6 is 0 Å². The molecule has 1 aromatic heterocycles. The highest BCUT2D eigenvalue weighted by atomic mass is 16.4. The Labute approximate surface area is 125 Å². The molecule has 0 radical (unpaired) electrons. The second kappa shape index (κ2) is 5.64. The maximum atomic E-state index is 12.4. The van der Waals surface area contributed by atoms with Crippen molar-refractivity contribution in [3.8, 4) is 0 Å². The molecule has 2 heterocycles. The molecule has 0 N–H and O–H groups in total. The number of amides is 1. The Hall–Kier alpha value is -2.23. The third-order valence-electron chi connectivity index (χ3n) is 4.06. The van der Waals surface area contributed by atoms with Gasteiger partial charge in [-0.1, -0.05) is 18.2 Å². The summed E-state index contributed by atoms with van der Waals surface area (Å²) >= 11 is 0. The van der Waals surface area contributed by atoms with Gasteiger partial charge in [0, 0.05) is 31.9 Å². The van der Waals surface area contributed by atoms with Crippen molar-refractivity contribution in [2.45, 2.75) is 13.8 Å². The van der Waals surface area contributed by atoms with Gasteiger partial charge in [0.1, 0.15) is 5.76 Å². The van der Waals surface area contributed by atoms with Gasteiger partial charge in [-0.2, -0.15) is 0 Å². The average molecular weight is 284 g/mol. The molecule has 1 amide bonds. The summed E-state index contributed by atoms with van der Waals surface area (Å²) in [5, 5.41) is 0. The first-order chi connectivity index (χ1) is 10.1. The predicted octanol–water partition coefficient (Wildman–Crippen LogP) is 2.86. The number of aryl methyl sites for hydroxylation is 2. The van der Waals surface area contributed by atoms with Crippen molar-refractivity contribution in [1.29, 1.82) is 0 Å². The molecule has 0 saturated carbocycles. The summed E-state index contributed by atoms with van der Waals surface area (Å²) in [6, 6.07) is 12.2. The number of benzene rings is 1. The molecular formula is C17H20N2O2. The molecule has 2 aromatic rings. The van der Waals surface area contributed by atoms with Crippen LogP contribution in [0.25, 0.3) is 0 Å². The molecule has 1 aliphatic heterocycles. The van der Waals surface area contributed by atoms with E-state index in [2.05, 4.69) is 17.0 Å². The van der Waals surface area contributed by atoms with Gasteiger partial charge in [0.15, 0.2) is 5.76 Å². The van der Waals surface area contributed by atoms with E-state index < -0.39 is 0 Å². The van der Waals surface area contributed by atoms with Crippen molar-refractivity contribution in [3.05, 3.63) is 53.5 Å². The minimum atomic E-state index is -0.00101. The molecule has 3 rings (SSSR count). The van der Waals surface area contributed by atoms with Crippen molar-refractivity contribution in [2.24, 2.45) is 0 Å². The van der Waals surface area contributed by atoms with Crippen LogP contribution in [-0.4, -0.2) is 37.0 Å². The number of hydrogen-bond donors (Lipinski definition) is 0. The van der Waals surface area contributed by atoms with E-state index in [-0.39, 0.29) is 5.91 Å². The minimum Gasteiger partial charge on any atom is -0.456 e. The summed E-state index contributed by atoms with van der Waals surface area (Å²) in [6.07, 6.45) is 0. The molecule has 0 unspecified atom stereocenters. The van der Waals surface area contributed by atoms with Crippen LogP contribution < -0.4 is 4.90 Å². The molecule has 1 aromatic carbocycles. The van der Waals surface area contributed by atoms with Gasteiger partial charge >= 0.3 is 0 Å². The van der Waals surface area contributed by atoms with Crippen molar-refractivity contribution in [1.82, 2.24) is 4.90 Å². The fourth-order valence-electron chi connectivity index (χ4n) is 2.64. The number of para-hydroxylation sites is 1. The van der Waals surface area contributed by atoms with Crippen LogP contribution in [0.15, 0.2) is 40.8 Å². The van der Waals surface area contributed by atoms with Crippen LogP contribution in [0, 0.1) is 13.8 Å². The first-order valence-corrected chi connectivity index (χ1v) is 7.31. The van der Waals surface area contributed by atoms with E-state index in [0.29, 0.717) is 5.76 Å². The van der Waals surface area contributed by atoms with Crippen molar-refractivity contribution < 1.29 is 9.21 Å². The average Bonchev–Trinajstić information content (AvgIpc) is 2.87. The summed E-state index contributed by atoms with van der Waals surface area (Å²) in [5.74, 6) is 1.28. The molecule has 0 bridgehead atoms. The third kappa shape index (κ3) is 2.79. The van der Waals surface area contributed by atoms with E-state index in [1.165, 1.54) is 5.69 Å². The van der Waals surface area contributed by atoms with E-state index in [0.717, 1.165) is 37.5 Å². The number of furan rings is 1. The smallest absolute Gasteiger partial charge is 0.289 e.